The van der Waals surface area contributed by atoms with Crippen LogP contribution in [0.1, 0.15) is 16.7 Å². The third-order valence-electron chi connectivity index (χ3n) is 5.57. The Balaban J connectivity index is 1.57. The molecule has 0 bridgehead atoms. The molecule has 0 aliphatic carbocycles. The standard InChI is InChI=1S/C26H26N4O5/c1-15-11-16(2)23(17(3)12-15)27-22(31)14-30-10-6-7-19(26(30)32)25-28-24(29-35-25)18-8-9-20(33-4)21(13-18)34-5/h6-13H,14H2,1-5H3,(H,27,31). The summed E-state index contributed by atoms with van der Waals surface area (Å²) in [5.41, 5.74) is 4.22. The molecule has 9 nitrogen and oxygen atoms in total. The summed E-state index contributed by atoms with van der Waals surface area (Å²) in [5, 5.41) is 6.91. The lowest BCUT2D eigenvalue weighted by Crippen LogP contribution is -2.28. The Bertz CT molecular complexity index is 1430. The van der Waals surface area contributed by atoms with Crippen LogP contribution in [0, 0.1) is 20.8 Å². The zero-order chi connectivity index (χ0) is 25.1. The smallest absolute Gasteiger partial charge is 0.263 e. The van der Waals surface area contributed by atoms with Crippen molar-refractivity contribution in [1.82, 2.24) is 14.7 Å². The molecule has 4 aromatic rings. The second-order valence-electron chi connectivity index (χ2n) is 8.17. The molecular weight excluding hydrogens is 448 g/mol. The van der Waals surface area contributed by atoms with E-state index in [1.165, 1.54) is 11.7 Å². The number of methoxy groups -OCH3 is 2. The first-order valence-electron chi connectivity index (χ1n) is 10.9. The van der Waals surface area contributed by atoms with Crippen molar-refractivity contribution >= 4 is 11.6 Å². The van der Waals surface area contributed by atoms with E-state index in [-0.39, 0.29) is 23.9 Å². The average Bonchev–Trinajstić information content (AvgIpc) is 3.32. The van der Waals surface area contributed by atoms with Gasteiger partial charge in [-0.3, -0.25) is 9.59 Å². The van der Waals surface area contributed by atoms with Gasteiger partial charge in [0.25, 0.3) is 11.4 Å². The van der Waals surface area contributed by atoms with Crippen molar-refractivity contribution in [3.05, 3.63) is 75.7 Å². The van der Waals surface area contributed by atoms with Crippen molar-refractivity contribution in [1.29, 1.82) is 0 Å². The third kappa shape index (κ3) is 4.93. The molecule has 0 aliphatic rings. The predicted octanol–water partition coefficient (Wildman–Crippen LogP) is 4.15. The van der Waals surface area contributed by atoms with Gasteiger partial charge >= 0.3 is 0 Å². The zero-order valence-corrected chi connectivity index (χ0v) is 20.2. The molecule has 1 amide bonds. The molecule has 2 heterocycles. The molecular formula is C26H26N4O5. The van der Waals surface area contributed by atoms with E-state index in [2.05, 4.69) is 15.5 Å². The maximum Gasteiger partial charge on any atom is 0.263 e. The van der Waals surface area contributed by atoms with Crippen LogP contribution >= 0.6 is 0 Å². The molecule has 4 rings (SSSR count). The molecule has 0 aliphatic heterocycles. The number of carbonyl (C=O) groups excluding carboxylic acids is 1. The van der Waals surface area contributed by atoms with Crippen LogP contribution in [0.4, 0.5) is 5.69 Å². The SMILES string of the molecule is COc1ccc(-c2noc(-c3cccn(CC(=O)Nc4c(C)cc(C)cc4C)c3=O)n2)cc1OC. The van der Waals surface area contributed by atoms with Gasteiger partial charge in [0.05, 0.1) is 14.2 Å². The van der Waals surface area contributed by atoms with E-state index in [1.807, 2.05) is 32.9 Å². The quantitative estimate of drug-likeness (QED) is 0.429. The number of carbonyl (C=O) groups is 1. The first-order chi connectivity index (χ1) is 16.8. The lowest BCUT2D eigenvalue weighted by Gasteiger charge is -2.13. The van der Waals surface area contributed by atoms with E-state index in [9.17, 15) is 9.59 Å². The number of amides is 1. The molecule has 9 heteroatoms. The monoisotopic (exact) mass is 474 g/mol. The molecule has 0 atom stereocenters. The molecule has 1 N–H and O–H groups in total. The van der Waals surface area contributed by atoms with Gasteiger partial charge in [-0.2, -0.15) is 4.98 Å². The molecule has 0 radical (unpaired) electrons. The molecule has 0 saturated carbocycles. The maximum absolute atomic E-state index is 13.1. The van der Waals surface area contributed by atoms with E-state index < -0.39 is 5.56 Å². The van der Waals surface area contributed by atoms with Crippen molar-refractivity contribution in [2.75, 3.05) is 19.5 Å². The van der Waals surface area contributed by atoms with Gasteiger partial charge in [-0.15, -0.1) is 0 Å². The molecule has 180 valence electrons. The minimum absolute atomic E-state index is 0.0553. The Morgan fingerprint density at radius 2 is 1.74 bits per heavy atom. The number of pyridine rings is 1. The van der Waals surface area contributed by atoms with E-state index >= 15 is 0 Å². The summed E-state index contributed by atoms with van der Waals surface area (Å²) in [6, 6.07) is 12.5. The van der Waals surface area contributed by atoms with Gasteiger partial charge in [-0.25, -0.2) is 0 Å². The molecule has 2 aromatic carbocycles. The Morgan fingerprint density at radius 1 is 1.03 bits per heavy atom. The van der Waals surface area contributed by atoms with Gasteiger partial charge < -0.3 is 23.9 Å². The summed E-state index contributed by atoms with van der Waals surface area (Å²) in [6.45, 7) is 5.72. The van der Waals surface area contributed by atoms with E-state index in [0.717, 1.165) is 22.4 Å². The number of aryl methyl sites for hydroxylation is 3. The van der Waals surface area contributed by atoms with Gasteiger partial charge in [-0.1, -0.05) is 22.9 Å². The number of hydrogen-bond acceptors (Lipinski definition) is 7. The van der Waals surface area contributed by atoms with Crippen LogP contribution in [-0.4, -0.2) is 34.8 Å². The van der Waals surface area contributed by atoms with Crippen molar-refractivity contribution in [2.45, 2.75) is 27.3 Å². The van der Waals surface area contributed by atoms with Crippen LogP contribution in [-0.2, 0) is 11.3 Å². The highest BCUT2D eigenvalue weighted by molar-refractivity contribution is 5.92. The van der Waals surface area contributed by atoms with Crippen LogP contribution in [0.25, 0.3) is 22.8 Å². The predicted molar refractivity (Wildman–Crippen MR) is 132 cm³/mol. The van der Waals surface area contributed by atoms with Gasteiger partial charge in [0.15, 0.2) is 11.5 Å². The fraction of sp³-hybridized carbons (Fsp3) is 0.231. The number of benzene rings is 2. The highest BCUT2D eigenvalue weighted by Gasteiger charge is 2.17. The summed E-state index contributed by atoms with van der Waals surface area (Å²) >= 11 is 0. The average molecular weight is 475 g/mol. The number of ether oxygens (including phenoxy) is 2. The largest absolute Gasteiger partial charge is 0.493 e. The summed E-state index contributed by atoms with van der Waals surface area (Å²) < 4.78 is 17.3. The molecule has 0 unspecified atom stereocenters. The van der Waals surface area contributed by atoms with Crippen LogP contribution in [0.15, 0.2) is 58.0 Å². The Hall–Kier alpha value is -4.40. The van der Waals surface area contributed by atoms with Crippen molar-refractivity contribution in [3.8, 4) is 34.3 Å². The van der Waals surface area contributed by atoms with E-state index in [1.54, 1.807) is 43.6 Å². The van der Waals surface area contributed by atoms with Crippen molar-refractivity contribution < 1.29 is 18.8 Å². The second-order valence-corrected chi connectivity index (χ2v) is 8.17. The maximum atomic E-state index is 13.1. The zero-order valence-electron chi connectivity index (χ0n) is 20.2. The second kappa shape index (κ2) is 9.84. The minimum atomic E-state index is -0.414. The Labute approximate surface area is 202 Å². The normalized spacial score (nSPS) is 10.8. The third-order valence-corrected chi connectivity index (χ3v) is 5.57. The molecule has 0 saturated heterocycles. The first kappa shape index (κ1) is 23.7. The van der Waals surface area contributed by atoms with Gasteiger partial charge in [0.1, 0.15) is 12.1 Å². The van der Waals surface area contributed by atoms with Crippen molar-refractivity contribution in [2.24, 2.45) is 0 Å². The fourth-order valence-corrected chi connectivity index (χ4v) is 3.96. The van der Waals surface area contributed by atoms with E-state index in [0.29, 0.717) is 22.9 Å². The number of nitrogens with one attached hydrogen (secondary N) is 1. The molecule has 0 spiro atoms. The number of aromatic nitrogens is 3. The minimum Gasteiger partial charge on any atom is -0.493 e. The lowest BCUT2D eigenvalue weighted by molar-refractivity contribution is -0.116. The highest BCUT2D eigenvalue weighted by atomic mass is 16.5. The van der Waals surface area contributed by atoms with Crippen LogP contribution in [0.3, 0.4) is 0 Å². The summed E-state index contributed by atoms with van der Waals surface area (Å²) in [6.07, 6.45) is 1.55. The van der Waals surface area contributed by atoms with Gasteiger partial charge in [-0.05, 0) is 62.2 Å². The Morgan fingerprint density at radius 3 is 2.43 bits per heavy atom. The number of hydrogen-bond donors (Lipinski definition) is 1. The summed E-state index contributed by atoms with van der Waals surface area (Å²) in [4.78, 5) is 30.2. The molecule has 2 aromatic heterocycles. The number of rotatable bonds is 7. The van der Waals surface area contributed by atoms with Gasteiger partial charge in [0.2, 0.25) is 11.7 Å². The summed E-state index contributed by atoms with van der Waals surface area (Å²) in [5.74, 6) is 1.12. The van der Waals surface area contributed by atoms with E-state index in [4.69, 9.17) is 14.0 Å². The van der Waals surface area contributed by atoms with Crippen molar-refractivity contribution in [3.63, 3.8) is 0 Å². The number of nitrogens with zero attached hydrogens (tertiary/aromatic N) is 3. The Kier molecular flexibility index (Phi) is 6.68. The topological polar surface area (TPSA) is 108 Å². The van der Waals surface area contributed by atoms with Crippen LogP contribution < -0.4 is 20.3 Å². The fourth-order valence-electron chi connectivity index (χ4n) is 3.96. The summed E-state index contributed by atoms with van der Waals surface area (Å²) in [7, 11) is 3.08. The highest BCUT2D eigenvalue weighted by Crippen LogP contribution is 2.31. The molecule has 0 fully saturated rings. The lowest BCUT2D eigenvalue weighted by atomic mass is 10.1. The first-order valence-corrected chi connectivity index (χ1v) is 10.9. The molecule has 35 heavy (non-hydrogen) atoms. The number of anilines is 1. The van der Waals surface area contributed by atoms with Crippen LogP contribution in [0.2, 0.25) is 0 Å². The van der Waals surface area contributed by atoms with Gasteiger partial charge in [0, 0.05) is 17.4 Å². The van der Waals surface area contributed by atoms with Crippen LogP contribution in [0.5, 0.6) is 11.5 Å².